The second kappa shape index (κ2) is 7.53. The molecule has 140 valence electrons. The number of carbonyl (C=O) groups is 1. The second-order valence-electron chi connectivity index (χ2n) is 7.63. The topological polar surface area (TPSA) is 83.8 Å². The molecule has 4 rings (SSSR count). The molecule has 1 saturated carbocycles. The summed E-state index contributed by atoms with van der Waals surface area (Å²) in [5.74, 6) is 0.712. The third kappa shape index (κ3) is 3.74. The van der Waals surface area contributed by atoms with Gasteiger partial charge in [0.1, 0.15) is 5.65 Å². The fraction of sp³-hybridized carbons (Fsp3) is 0.364. The Kier molecular flexibility index (Phi) is 4.94. The zero-order valence-electron chi connectivity index (χ0n) is 15.6. The van der Waals surface area contributed by atoms with Crippen molar-refractivity contribution in [3.8, 4) is 11.3 Å². The highest BCUT2D eigenvalue weighted by Gasteiger charge is 2.28. The Balaban J connectivity index is 1.52. The standard InChI is InChI=1S/C22H26N4O/c1-14(23)15-7-9-17(10-8-15)22(27)26-19-11-12-24-21-18(19)13-20(25-21)16-5-3-2-4-6-16/h2-6,11-15,17H,7-10,23H2,1H3,(H2,24,25,26,27)/t14-,15?,17?/m1/s1. The first-order valence-electron chi connectivity index (χ1n) is 9.71. The lowest BCUT2D eigenvalue weighted by atomic mass is 9.79. The van der Waals surface area contributed by atoms with E-state index in [-0.39, 0.29) is 17.9 Å². The summed E-state index contributed by atoms with van der Waals surface area (Å²) < 4.78 is 0. The normalized spacial score (nSPS) is 21.1. The fourth-order valence-electron chi connectivity index (χ4n) is 4.05. The van der Waals surface area contributed by atoms with Crippen LogP contribution in [0.4, 0.5) is 5.69 Å². The summed E-state index contributed by atoms with van der Waals surface area (Å²) in [6.07, 6.45) is 5.62. The predicted octanol–water partition coefficient (Wildman–Crippen LogP) is 4.32. The number of rotatable bonds is 4. The van der Waals surface area contributed by atoms with Crippen LogP contribution in [0.3, 0.4) is 0 Å². The van der Waals surface area contributed by atoms with E-state index in [2.05, 4.69) is 40.4 Å². The van der Waals surface area contributed by atoms with E-state index in [1.54, 1.807) is 6.20 Å². The summed E-state index contributed by atoms with van der Waals surface area (Å²) in [4.78, 5) is 20.6. The van der Waals surface area contributed by atoms with Crippen molar-refractivity contribution in [2.45, 2.75) is 38.6 Å². The molecule has 1 atom stereocenters. The predicted molar refractivity (Wildman–Crippen MR) is 109 cm³/mol. The van der Waals surface area contributed by atoms with Gasteiger partial charge in [-0.15, -0.1) is 0 Å². The van der Waals surface area contributed by atoms with E-state index >= 15 is 0 Å². The number of aromatic amines is 1. The molecule has 0 unspecified atom stereocenters. The van der Waals surface area contributed by atoms with Gasteiger partial charge in [-0.1, -0.05) is 30.3 Å². The number of fused-ring (bicyclic) bond motifs is 1. The SMILES string of the molecule is C[C@@H](N)C1CCC(C(=O)Nc2ccnc3[nH]c(-c4ccccc4)cc23)CC1. The number of aromatic nitrogens is 2. The molecule has 3 aromatic rings. The van der Waals surface area contributed by atoms with Crippen LogP contribution in [0.5, 0.6) is 0 Å². The lowest BCUT2D eigenvalue weighted by Gasteiger charge is -2.30. The minimum Gasteiger partial charge on any atom is -0.339 e. The van der Waals surface area contributed by atoms with Crippen LogP contribution >= 0.6 is 0 Å². The number of hydrogen-bond donors (Lipinski definition) is 3. The van der Waals surface area contributed by atoms with Crippen LogP contribution in [0.15, 0.2) is 48.7 Å². The molecule has 0 radical (unpaired) electrons. The van der Waals surface area contributed by atoms with Crippen molar-refractivity contribution in [1.29, 1.82) is 0 Å². The monoisotopic (exact) mass is 362 g/mol. The number of nitrogens with zero attached hydrogens (tertiary/aromatic N) is 1. The first-order chi connectivity index (χ1) is 13.1. The summed E-state index contributed by atoms with van der Waals surface area (Å²) in [7, 11) is 0. The molecular weight excluding hydrogens is 336 g/mol. The van der Waals surface area contributed by atoms with Crippen LogP contribution in [-0.4, -0.2) is 21.9 Å². The van der Waals surface area contributed by atoms with Gasteiger partial charge in [-0.25, -0.2) is 4.98 Å². The minimum atomic E-state index is 0.0655. The third-order valence-electron chi connectivity index (χ3n) is 5.76. The Labute approximate surface area is 159 Å². The van der Waals surface area contributed by atoms with E-state index in [9.17, 15) is 4.79 Å². The molecule has 1 aromatic carbocycles. The summed E-state index contributed by atoms with van der Waals surface area (Å²) in [5.41, 5.74) is 9.71. The van der Waals surface area contributed by atoms with Crippen LogP contribution in [0.25, 0.3) is 22.3 Å². The summed E-state index contributed by atoms with van der Waals surface area (Å²) in [5, 5.41) is 4.07. The van der Waals surface area contributed by atoms with Crippen molar-refractivity contribution in [1.82, 2.24) is 9.97 Å². The number of nitrogens with two attached hydrogens (primary N) is 1. The summed E-state index contributed by atoms with van der Waals surface area (Å²) >= 11 is 0. The molecular formula is C22H26N4O. The average Bonchev–Trinajstić information content (AvgIpc) is 3.14. The highest BCUT2D eigenvalue weighted by molar-refractivity contribution is 6.02. The molecule has 0 aliphatic heterocycles. The van der Waals surface area contributed by atoms with E-state index in [4.69, 9.17) is 5.73 Å². The van der Waals surface area contributed by atoms with E-state index in [1.807, 2.05) is 24.3 Å². The minimum absolute atomic E-state index is 0.0655. The molecule has 0 bridgehead atoms. The Morgan fingerprint density at radius 2 is 1.93 bits per heavy atom. The number of anilines is 1. The van der Waals surface area contributed by atoms with Crippen molar-refractivity contribution in [2.24, 2.45) is 17.6 Å². The van der Waals surface area contributed by atoms with Gasteiger partial charge in [0, 0.05) is 29.2 Å². The average molecular weight is 362 g/mol. The lowest BCUT2D eigenvalue weighted by molar-refractivity contribution is -0.121. The number of carbonyl (C=O) groups excluding carboxylic acids is 1. The number of benzene rings is 1. The fourth-order valence-corrected chi connectivity index (χ4v) is 4.05. The van der Waals surface area contributed by atoms with Crippen LogP contribution in [0.2, 0.25) is 0 Å². The molecule has 2 heterocycles. The number of nitrogens with one attached hydrogen (secondary N) is 2. The van der Waals surface area contributed by atoms with Crippen LogP contribution in [-0.2, 0) is 4.79 Å². The molecule has 0 spiro atoms. The Morgan fingerprint density at radius 1 is 1.19 bits per heavy atom. The number of hydrogen-bond acceptors (Lipinski definition) is 3. The van der Waals surface area contributed by atoms with Gasteiger partial charge in [0.2, 0.25) is 5.91 Å². The molecule has 2 aromatic heterocycles. The highest BCUT2D eigenvalue weighted by atomic mass is 16.1. The Bertz CT molecular complexity index is 924. The van der Waals surface area contributed by atoms with Crippen molar-refractivity contribution in [2.75, 3.05) is 5.32 Å². The van der Waals surface area contributed by atoms with Crippen LogP contribution in [0.1, 0.15) is 32.6 Å². The lowest BCUT2D eigenvalue weighted by Crippen LogP contribution is -2.33. The van der Waals surface area contributed by atoms with E-state index < -0.39 is 0 Å². The van der Waals surface area contributed by atoms with Crippen molar-refractivity contribution in [3.05, 3.63) is 48.7 Å². The largest absolute Gasteiger partial charge is 0.339 e. The van der Waals surface area contributed by atoms with Gasteiger partial charge in [-0.05, 0) is 56.2 Å². The molecule has 5 heteroatoms. The molecule has 1 aliphatic carbocycles. The van der Waals surface area contributed by atoms with E-state index in [0.29, 0.717) is 5.92 Å². The molecule has 1 amide bonds. The third-order valence-corrected chi connectivity index (χ3v) is 5.76. The zero-order chi connectivity index (χ0) is 18.8. The molecule has 27 heavy (non-hydrogen) atoms. The molecule has 1 fully saturated rings. The van der Waals surface area contributed by atoms with Gasteiger partial charge in [-0.3, -0.25) is 4.79 Å². The maximum absolute atomic E-state index is 12.8. The van der Waals surface area contributed by atoms with Crippen molar-refractivity contribution in [3.63, 3.8) is 0 Å². The van der Waals surface area contributed by atoms with E-state index in [0.717, 1.165) is 53.7 Å². The van der Waals surface area contributed by atoms with E-state index in [1.165, 1.54) is 0 Å². The number of amides is 1. The van der Waals surface area contributed by atoms with Gasteiger partial charge >= 0.3 is 0 Å². The second-order valence-corrected chi connectivity index (χ2v) is 7.63. The first kappa shape index (κ1) is 17.7. The molecule has 5 nitrogen and oxygen atoms in total. The van der Waals surface area contributed by atoms with Crippen molar-refractivity contribution < 1.29 is 4.79 Å². The summed E-state index contributed by atoms with van der Waals surface area (Å²) in [6, 6.07) is 14.3. The molecule has 0 saturated heterocycles. The van der Waals surface area contributed by atoms with Gasteiger partial charge in [0.15, 0.2) is 0 Å². The maximum Gasteiger partial charge on any atom is 0.227 e. The van der Waals surface area contributed by atoms with Crippen LogP contribution in [0, 0.1) is 11.8 Å². The van der Waals surface area contributed by atoms with Crippen LogP contribution < -0.4 is 11.1 Å². The molecule has 1 aliphatic rings. The molecule has 4 N–H and O–H groups in total. The van der Waals surface area contributed by atoms with Gasteiger partial charge < -0.3 is 16.0 Å². The Morgan fingerprint density at radius 3 is 2.63 bits per heavy atom. The van der Waals surface area contributed by atoms with Gasteiger partial charge in [0.05, 0.1) is 5.69 Å². The number of pyridine rings is 1. The quantitative estimate of drug-likeness (QED) is 0.646. The maximum atomic E-state index is 12.8. The van der Waals surface area contributed by atoms with Gasteiger partial charge in [-0.2, -0.15) is 0 Å². The van der Waals surface area contributed by atoms with Gasteiger partial charge in [0.25, 0.3) is 0 Å². The Hall–Kier alpha value is -2.66. The van der Waals surface area contributed by atoms with Crippen molar-refractivity contribution >= 4 is 22.6 Å². The highest BCUT2D eigenvalue weighted by Crippen LogP contribution is 2.32. The smallest absolute Gasteiger partial charge is 0.227 e. The first-order valence-corrected chi connectivity index (χ1v) is 9.71. The number of H-pyrrole nitrogens is 1. The summed E-state index contributed by atoms with van der Waals surface area (Å²) in [6.45, 7) is 2.06. The zero-order valence-corrected chi connectivity index (χ0v) is 15.6.